The topological polar surface area (TPSA) is 0 Å². The van der Waals surface area contributed by atoms with Gasteiger partial charge in [0, 0.05) is 0 Å². The monoisotopic (exact) mass is 198 g/mol. The van der Waals surface area contributed by atoms with Crippen LogP contribution in [-0.2, 0) is 0 Å². The number of aryl methyl sites for hydroxylation is 1. The number of rotatable bonds is 0. The van der Waals surface area contributed by atoms with Gasteiger partial charge in [0.05, 0.1) is 0 Å². The summed E-state index contributed by atoms with van der Waals surface area (Å²) in [4.78, 5) is 0. The van der Waals surface area contributed by atoms with E-state index in [0.29, 0.717) is 0 Å². The van der Waals surface area contributed by atoms with Crippen molar-refractivity contribution < 1.29 is 0 Å². The molecule has 14 heavy (non-hydrogen) atoms. The Morgan fingerprint density at radius 1 is 0.857 bits per heavy atom. The van der Waals surface area contributed by atoms with E-state index in [9.17, 15) is 0 Å². The molecule has 0 radical (unpaired) electrons. The van der Waals surface area contributed by atoms with Crippen molar-refractivity contribution in [1.82, 2.24) is 0 Å². The molecule has 0 saturated carbocycles. The molecule has 1 aromatic heterocycles. The van der Waals surface area contributed by atoms with E-state index >= 15 is 0 Å². The molecule has 1 atom stereocenters. The number of hydrogen-bond donors (Lipinski definition) is 0. The van der Waals surface area contributed by atoms with Gasteiger partial charge in [0.1, 0.15) is 0 Å². The normalized spacial score (nSPS) is 11.8. The van der Waals surface area contributed by atoms with Crippen molar-refractivity contribution >= 4 is 29.2 Å². The first-order chi connectivity index (χ1) is 6.84. The number of fused-ring (bicyclic) bond motifs is 3. The lowest BCUT2D eigenvalue weighted by Gasteiger charge is -1.93. The smallest absolute Gasteiger partial charge is 0.000341 e. The van der Waals surface area contributed by atoms with Crippen LogP contribution in [0.15, 0.2) is 42.5 Å². The van der Waals surface area contributed by atoms with Gasteiger partial charge in [-0.15, -0.1) is 8.19 Å². The Morgan fingerprint density at radius 2 is 1.64 bits per heavy atom. The minimum Gasteiger partial charge on any atom is -0.123 e. The highest BCUT2D eigenvalue weighted by Gasteiger charge is 2.01. The van der Waals surface area contributed by atoms with Crippen LogP contribution in [0.1, 0.15) is 5.56 Å². The van der Waals surface area contributed by atoms with Crippen LogP contribution < -0.4 is 0 Å². The first kappa shape index (κ1) is 8.08. The molecule has 0 aliphatic carbocycles. The molecule has 0 amide bonds. The molecular weight excluding hydrogens is 187 g/mol. The first-order valence-corrected chi connectivity index (χ1v) is 5.82. The predicted molar refractivity (Wildman–Crippen MR) is 65.7 cm³/mol. The van der Waals surface area contributed by atoms with Crippen LogP contribution in [0.4, 0.5) is 0 Å². The zero-order valence-corrected chi connectivity index (χ0v) is 9.04. The molecule has 0 N–H and O–H groups in total. The summed E-state index contributed by atoms with van der Waals surface area (Å²) in [7, 11) is 0.847. The molecular formula is C13H11P. The van der Waals surface area contributed by atoms with Gasteiger partial charge < -0.3 is 0 Å². The Labute approximate surface area is 84.6 Å². The summed E-state index contributed by atoms with van der Waals surface area (Å²) in [6.07, 6.45) is 0. The minimum atomic E-state index is 0.847. The van der Waals surface area contributed by atoms with Crippen LogP contribution in [0.2, 0.25) is 0 Å². The molecule has 0 bridgehead atoms. The highest BCUT2D eigenvalue weighted by Crippen LogP contribution is 2.37. The Bertz CT molecular complexity index is 605. The summed E-state index contributed by atoms with van der Waals surface area (Å²) >= 11 is 0. The maximum absolute atomic E-state index is 2.31. The van der Waals surface area contributed by atoms with Gasteiger partial charge >= 0.3 is 0 Å². The minimum absolute atomic E-state index is 0.847. The van der Waals surface area contributed by atoms with Gasteiger partial charge in [0.2, 0.25) is 0 Å². The lowest BCUT2D eigenvalue weighted by Crippen LogP contribution is -1.68. The second-order valence-corrected chi connectivity index (χ2v) is 5.05. The highest BCUT2D eigenvalue weighted by atomic mass is 31.0. The van der Waals surface area contributed by atoms with Crippen molar-refractivity contribution in [1.29, 1.82) is 0 Å². The molecule has 0 saturated heterocycles. The van der Waals surface area contributed by atoms with Gasteiger partial charge in [-0.2, -0.15) is 0 Å². The maximum Gasteiger partial charge on any atom is -0.000341 e. The standard InChI is InChI=1S/C13H11P/c1-9-6-7-11-10-4-2-3-5-12(10)14-13(11)8-9/h2-8,14H,1H3. The lowest BCUT2D eigenvalue weighted by molar-refractivity contribution is 1.52. The Morgan fingerprint density at radius 3 is 2.57 bits per heavy atom. The van der Waals surface area contributed by atoms with Gasteiger partial charge in [0.25, 0.3) is 0 Å². The summed E-state index contributed by atoms with van der Waals surface area (Å²) in [6, 6.07) is 15.5. The maximum atomic E-state index is 2.31. The molecule has 2 aromatic carbocycles. The second-order valence-electron chi connectivity index (χ2n) is 3.72. The summed E-state index contributed by atoms with van der Waals surface area (Å²) in [5, 5.41) is 5.87. The van der Waals surface area contributed by atoms with Crippen LogP contribution in [-0.4, -0.2) is 0 Å². The zero-order chi connectivity index (χ0) is 9.54. The fourth-order valence-electron chi connectivity index (χ4n) is 1.97. The summed E-state index contributed by atoms with van der Waals surface area (Å²) in [6.45, 7) is 2.16. The molecule has 1 unspecified atom stereocenters. The summed E-state index contributed by atoms with van der Waals surface area (Å²) in [5.41, 5.74) is 1.36. The van der Waals surface area contributed by atoms with Crippen LogP contribution >= 0.6 is 8.19 Å². The van der Waals surface area contributed by atoms with E-state index in [1.54, 1.807) is 0 Å². The largest absolute Gasteiger partial charge is 0.123 e. The summed E-state index contributed by atoms with van der Waals surface area (Å²) in [5.74, 6) is 0. The van der Waals surface area contributed by atoms with E-state index < -0.39 is 0 Å². The van der Waals surface area contributed by atoms with Gasteiger partial charge in [-0.1, -0.05) is 42.0 Å². The van der Waals surface area contributed by atoms with Crippen LogP contribution in [0.3, 0.4) is 0 Å². The molecule has 1 heterocycles. The van der Waals surface area contributed by atoms with Crippen LogP contribution in [0.25, 0.3) is 21.0 Å². The van der Waals surface area contributed by atoms with Crippen molar-refractivity contribution in [2.24, 2.45) is 0 Å². The van der Waals surface area contributed by atoms with Gasteiger partial charge in [-0.05, 0) is 34.0 Å². The molecule has 0 aliphatic heterocycles. The average Bonchev–Trinajstić information content (AvgIpc) is 2.54. The highest BCUT2D eigenvalue weighted by molar-refractivity contribution is 7.43. The van der Waals surface area contributed by atoms with Gasteiger partial charge in [0.15, 0.2) is 0 Å². The average molecular weight is 198 g/mol. The molecule has 0 spiro atoms. The Kier molecular flexibility index (Phi) is 1.65. The van der Waals surface area contributed by atoms with Crippen molar-refractivity contribution in [2.45, 2.75) is 6.92 Å². The fraction of sp³-hybridized carbons (Fsp3) is 0.0769. The van der Waals surface area contributed by atoms with E-state index in [2.05, 4.69) is 49.4 Å². The molecule has 68 valence electrons. The summed E-state index contributed by atoms with van der Waals surface area (Å²) < 4.78 is 0. The van der Waals surface area contributed by atoms with E-state index in [1.807, 2.05) is 0 Å². The SMILES string of the molecule is Cc1ccc2c(c1)[pH]c1ccccc12. The molecule has 0 nitrogen and oxygen atoms in total. The fourth-order valence-corrected chi connectivity index (χ4v) is 3.44. The molecule has 3 aromatic rings. The van der Waals surface area contributed by atoms with Crippen molar-refractivity contribution in [3.05, 3.63) is 48.0 Å². The van der Waals surface area contributed by atoms with Crippen molar-refractivity contribution in [3.8, 4) is 0 Å². The molecule has 0 aliphatic rings. The third-order valence-corrected chi connectivity index (χ3v) is 4.05. The number of hydrogen-bond acceptors (Lipinski definition) is 0. The quantitative estimate of drug-likeness (QED) is 0.504. The van der Waals surface area contributed by atoms with Gasteiger partial charge in [-0.3, -0.25) is 0 Å². The predicted octanol–water partition coefficient (Wildman–Crippen LogP) is 4.33. The zero-order valence-electron chi connectivity index (χ0n) is 8.04. The Hall–Kier alpha value is -1.26. The number of benzene rings is 2. The van der Waals surface area contributed by atoms with E-state index in [-0.39, 0.29) is 0 Å². The third-order valence-electron chi connectivity index (χ3n) is 2.66. The van der Waals surface area contributed by atoms with Crippen LogP contribution in [0.5, 0.6) is 0 Å². The van der Waals surface area contributed by atoms with Crippen molar-refractivity contribution in [3.63, 3.8) is 0 Å². The van der Waals surface area contributed by atoms with Crippen LogP contribution in [0, 0.1) is 6.92 Å². The first-order valence-electron chi connectivity index (χ1n) is 4.82. The molecule has 0 fully saturated rings. The molecule has 1 heteroatoms. The van der Waals surface area contributed by atoms with Gasteiger partial charge in [-0.25, -0.2) is 0 Å². The third kappa shape index (κ3) is 1.08. The van der Waals surface area contributed by atoms with E-state index in [4.69, 9.17) is 0 Å². The lowest BCUT2D eigenvalue weighted by atomic mass is 10.1. The Balaban J connectivity index is 2.57. The van der Waals surface area contributed by atoms with E-state index in [0.717, 1.165) is 8.19 Å². The molecule has 3 rings (SSSR count). The van der Waals surface area contributed by atoms with E-state index in [1.165, 1.54) is 26.6 Å². The second kappa shape index (κ2) is 2.87. The van der Waals surface area contributed by atoms with Crippen molar-refractivity contribution in [2.75, 3.05) is 0 Å².